The molecule has 0 aliphatic rings. The standard InChI is InChI=1S/C13H17BrClNO/c1-9(10-5-4-6-11(14)7-10)16-12(17)13(2,3)8-15/h4-7,9H,8H2,1-3H3,(H,16,17)/t9-/m0/s1. The molecule has 1 atom stereocenters. The summed E-state index contributed by atoms with van der Waals surface area (Å²) in [6.07, 6.45) is 0. The Morgan fingerprint density at radius 3 is 2.71 bits per heavy atom. The van der Waals surface area contributed by atoms with E-state index in [-0.39, 0.29) is 11.9 Å². The van der Waals surface area contributed by atoms with Crippen LogP contribution in [0.4, 0.5) is 0 Å². The van der Waals surface area contributed by atoms with Crippen molar-refractivity contribution in [3.8, 4) is 0 Å². The second-order valence-corrected chi connectivity index (χ2v) is 5.95. The number of nitrogens with one attached hydrogen (secondary N) is 1. The van der Waals surface area contributed by atoms with E-state index in [1.807, 2.05) is 45.0 Å². The molecule has 1 amide bonds. The van der Waals surface area contributed by atoms with Crippen LogP contribution in [0.1, 0.15) is 32.4 Å². The van der Waals surface area contributed by atoms with Crippen molar-refractivity contribution in [2.75, 3.05) is 5.88 Å². The first-order chi connectivity index (χ1) is 7.86. The van der Waals surface area contributed by atoms with Crippen LogP contribution in [0.3, 0.4) is 0 Å². The monoisotopic (exact) mass is 317 g/mol. The first-order valence-electron chi connectivity index (χ1n) is 5.49. The van der Waals surface area contributed by atoms with E-state index in [9.17, 15) is 4.79 Å². The van der Waals surface area contributed by atoms with Crippen LogP contribution in [0.25, 0.3) is 0 Å². The van der Waals surface area contributed by atoms with Gasteiger partial charge in [0.1, 0.15) is 0 Å². The van der Waals surface area contributed by atoms with E-state index in [2.05, 4.69) is 21.2 Å². The molecule has 4 heteroatoms. The van der Waals surface area contributed by atoms with Gasteiger partial charge in [0.15, 0.2) is 0 Å². The summed E-state index contributed by atoms with van der Waals surface area (Å²) in [6, 6.07) is 7.87. The maximum atomic E-state index is 12.0. The van der Waals surface area contributed by atoms with Gasteiger partial charge in [-0.15, -0.1) is 11.6 Å². The largest absolute Gasteiger partial charge is 0.349 e. The third-order valence-electron chi connectivity index (χ3n) is 2.65. The maximum Gasteiger partial charge on any atom is 0.227 e. The predicted octanol–water partition coefficient (Wildman–Crippen LogP) is 3.89. The van der Waals surface area contributed by atoms with Crippen LogP contribution in [0.15, 0.2) is 28.7 Å². The number of carbonyl (C=O) groups excluding carboxylic acids is 1. The summed E-state index contributed by atoms with van der Waals surface area (Å²) in [6.45, 7) is 5.63. The number of benzene rings is 1. The van der Waals surface area contributed by atoms with Crippen molar-refractivity contribution in [1.29, 1.82) is 0 Å². The molecule has 94 valence electrons. The Labute approximate surface area is 116 Å². The van der Waals surface area contributed by atoms with Crippen LogP contribution in [0.5, 0.6) is 0 Å². The number of amides is 1. The van der Waals surface area contributed by atoms with Gasteiger partial charge in [-0.1, -0.05) is 28.1 Å². The zero-order valence-corrected chi connectivity index (χ0v) is 12.6. The molecule has 1 aromatic carbocycles. The summed E-state index contributed by atoms with van der Waals surface area (Å²) in [7, 11) is 0. The number of alkyl halides is 1. The lowest BCUT2D eigenvalue weighted by Gasteiger charge is -2.24. The summed E-state index contributed by atoms with van der Waals surface area (Å²) in [5.74, 6) is 0.282. The molecule has 1 aromatic rings. The summed E-state index contributed by atoms with van der Waals surface area (Å²) < 4.78 is 1.01. The van der Waals surface area contributed by atoms with Crippen LogP contribution < -0.4 is 5.32 Å². The van der Waals surface area contributed by atoms with Gasteiger partial charge in [-0.05, 0) is 38.5 Å². The van der Waals surface area contributed by atoms with Gasteiger partial charge in [0, 0.05) is 10.4 Å². The number of hydrogen-bond acceptors (Lipinski definition) is 1. The molecule has 0 spiro atoms. The fraction of sp³-hybridized carbons (Fsp3) is 0.462. The maximum absolute atomic E-state index is 12.0. The van der Waals surface area contributed by atoms with E-state index in [1.54, 1.807) is 0 Å². The SMILES string of the molecule is C[C@H](NC(=O)C(C)(C)CCl)c1cccc(Br)c1. The normalized spacial score (nSPS) is 13.2. The van der Waals surface area contributed by atoms with Crippen LogP contribution in [-0.2, 0) is 4.79 Å². The topological polar surface area (TPSA) is 29.1 Å². The quantitative estimate of drug-likeness (QED) is 0.838. The van der Waals surface area contributed by atoms with Crippen molar-refractivity contribution in [3.63, 3.8) is 0 Å². The van der Waals surface area contributed by atoms with Gasteiger partial charge in [-0.3, -0.25) is 4.79 Å². The van der Waals surface area contributed by atoms with E-state index < -0.39 is 5.41 Å². The lowest BCUT2D eigenvalue weighted by atomic mass is 9.94. The number of rotatable bonds is 4. The van der Waals surface area contributed by atoms with E-state index in [0.717, 1.165) is 10.0 Å². The van der Waals surface area contributed by atoms with Crippen molar-refractivity contribution in [3.05, 3.63) is 34.3 Å². The predicted molar refractivity (Wildman–Crippen MR) is 75.2 cm³/mol. The summed E-state index contributed by atoms with van der Waals surface area (Å²) in [4.78, 5) is 12.0. The summed E-state index contributed by atoms with van der Waals surface area (Å²) in [5, 5.41) is 2.97. The molecular weight excluding hydrogens is 302 g/mol. The van der Waals surface area contributed by atoms with Crippen molar-refractivity contribution in [2.24, 2.45) is 5.41 Å². The highest BCUT2D eigenvalue weighted by Crippen LogP contribution is 2.21. The third kappa shape index (κ3) is 4.00. The molecule has 0 radical (unpaired) electrons. The van der Waals surface area contributed by atoms with Gasteiger partial charge in [-0.2, -0.15) is 0 Å². The van der Waals surface area contributed by atoms with E-state index in [1.165, 1.54) is 0 Å². The van der Waals surface area contributed by atoms with Gasteiger partial charge in [0.2, 0.25) is 5.91 Å². The molecule has 0 aliphatic carbocycles. The minimum Gasteiger partial charge on any atom is -0.349 e. The zero-order chi connectivity index (χ0) is 13.1. The van der Waals surface area contributed by atoms with Gasteiger partial charge in [0.25, 0.3) is 0 Å². The molecule has 0 unspecified atom stereocenters. The second-order valence-electron chi connectivity index (χ2n) is 4.77. The summed E-state index contributed by atoms with van der Waals surface area (Å²) in [5.41, 5.74) is 0.528. The average Bonchev–Trinajstić information content (AvgIpc) is 2.28. The highest BCUT2D eigenvalue weighted by atomic mass is 79.9. The Hall–Kier alpha value is -0.540. The van der Waals surface area contributed by atoms with Crippen molar-refractivity contribution in [1.82, 2.24) is 5.32 Å². The lowest BCUT2D eigenvalue weighted by molar-refractivity contribution is -0.129. The Morgan fingerprint density at radius 2 is 2.18 bits per heavy atom. The molecule has 17 heavy (non-hydrogen) atoms. The third-order valence-corrected chi connectivity index (χ3v) is 3.81. The second kappa shape index (κ2) is 5.87. The first kappa shape index (κ1) is 14.5. The molecule has 0 fully saturated rings. The van der Waals surface area contributed by atoms with Crippen molar-refractivity contribution < 1.29 is 4.79 Å². The summed E-state index contributed by atoms with van der Waals surface area (Å²) >= 11 is 9.19. The number of hydrogen-bond donors (Lipinski definition) is 1. The molecule has 0 aliphatic heterocycles. The minimum atomic E-state index is -0.540. The average molecular weight is 319 g/mol. The minimum absolute atomic E-state index is 0.0255. The van der Waals surface area contributed by atoms with Crippen molar-refractivity contribution >= 4 is 33.4 Å². The molecule has 0 bridgehead atoms. The fourth-order valence-electron chi connectivity index (χ4n) is 1.31. The zero-order valence-electron chi connectivity index (χ0n) is 10.3. The number of halogens is 2. The van der Waals surface area contributed by atoms with Gasteiger partial charge < -0.3 is 5.32 Å². The van der Waals surface area contributed by atoms with Gasteiger partial charge >= 0.3 is 0 Å². The van der Waals surface area contributed by atoms with Gasteiger partial charge in [-0.25, -0.2) is 0 Å². The van der Waals surface area contributed by atoms with E-state index >= 15 is 0 Å². The Kier molecular flexibility index (Phi) is 5.02. The van der Waals surface area contributed by atoms with Crippen LogP contribution in [0, 0.1) is 5.41 Å². The Morgan fingerprint density at radius 1 is 1.53 bits per heavy atom. The Balaban J connectivity index is 2.73. The van der Waals surface area contributed by atoms with Crippen molar-refractivity contribution in [2.45, 2.75) is 26.8 Å². The van der Waals surface area contributed by atoms with Crippen LogP contribution in [-0.4, -0.2) is 11.8 Å². The Bertz CT molecular complexity index is 406. The molecular formula is C13H17BrClNO. The molecule has 0 heterocycles. The van der Waals surface area contributed by atoms with Crippen LogP contribution >= 0.6 is 27.5 Å². The number of carbonyl (C=O) groups is 1. The highest BCUT2D eigenvalue weighted by molar-refractivity contribution is 9.10. The highest BCUT2D eigenvalue weighted by Gasteiger charge is 2.27. The molecule has 0 saturated heterocycles. The molecule has 1 N–H and O–H groups in total. The van der Waals surface area contributed by atoms with Gasteiger partial charge in [0.05, 0.1) is 11.5 Å². The lowest BCUT2D eigenvalue weighted by Crippen LogP contribution is -2.39. The fourth-order valence-corrected chi connectivity index (χ4v) is 1.85. The molecule has 0 saturated carbocycles. The smallest absolute Gasteiger partial charge is 0.227 e. The molecule has 1 rings (SSSR count). The molecule has 2 nitrogen and oxygen atoms in total. The first-order valence-corrected chi connectivity index (χ1v) is 6.82. The molecule has 0 aromatic heterocycles. The van der Waals surface area contributed by atoms with Crippen LogP contribution in [0.2, 0.25) is 0 Å². The van der Waals surface area contributed by atoms with E-state index in [0.29, 0.717) is 5.88 Å². The van der Waals surface area contributed by atoms with E-state index in [4.69, 9.17) is 11.6 Å².